The van der Waals surface area contributed by atoms with E-state index in [9.17, 15) is 0 Å². The molecule has 2 aromatic rings. The van der Waals surface area contributed by atoms with Crippen LogP contribution < -0.4 is 10.1 Å². The molecule has 108 valence electrons. The van der Waals surface area contributed by atoms with Crippen molar-refractivity contribution < 1.29 is 4.74 Å². The number of aryl methyl sites for hydroxylation is 1. The van der Waals surface area contributed by atoms with Crippen molar-refractivity contribution in [3.63, 3.8) is 0 Å². The van der Waals surface area contributed by atoms with Crippen LogP contribution in [0.5, 0.6) is 5.75 Å². The van der Waals surface area contributed by atoms with Crippen LogP contribution in [-0.4, -0.2) is 23.9 Å². The minimum absolute atomic E-state index is 0.140. The molecule has 2 rings (SSSR count). The highest BCUT2D eigenvalue weighted by molar-refractivity contribution is 6.33. The van der Waals surface area contributed by atoms with Crippen LogP contribution >= 0.6 is 23.2 Å². The largest absolute Gasteiger partial charge is 0.493 e. The van der Waals surface area contributed by atoms with Gasteiger partial charge < -0.3 is 10.1 Å². The molecule has 0 bridgehead atoms. The molecular weight excluding hydrogens is 297 g/mol. The van der Waals surface area contributed by atoms with Gasteiger partial charge in [0.25, 0.3) is 0 Å². The second-order valence-corrected chi connectivity index (χ2v) is 5.15. The van der Waals surface area contributed by atoms with E-state index in [1.807, 2.05) is 24.7 Å². The van der Waals surface area contributed by atoms with Crippen LogP contribution in [-0.2, 0) is 6.54 Å². The molecule has 0 saturated heterocycles. The summed E-state index contributed by atoms with van der Waals surface area (Å²) in [6.45, 7) is 2.78. The van der Waals surface area contributed by atoms with Gasteiger partial charge in [-0.1, -0.05) is 23.2 Å². The van der Waals surface area contributed by atoms with Gasteiger partial charge in [0.15, 0.2) is 5.75 Å². The summed E-state index contributed by atoms with van der Waals surface area (Å²) >= 11 is 12.4. The Kier molecular flexibility index (Phi) is 4.91. The first-order chi connectivity index (χ1) is 9.62. The molecule has 0 saturated carbocycles. The fourth-order valence-electron chi connectivity index (χ4n) is 2.25. The third-order valence-electron chi connectivity index (χ3n) is 3.20. The third-order valence-corrected chi connectivity index (χ3v) is 3.77. The minimum Gasteiger partial charge on any atom is -0.493 e. The molecular formula is C14H17Cl2N3O. The SMILES string of the molecule is CCn1ncc(OC)c1C(NC)c1cc(Cl)ccc1Cl. The lowest BCUT2D eigenvalue weighted by atomic mass is 10.0. The van der Waals surface area contributed by atoms with Gasteiger partial charge in [0.1, 0.15) is 5.69 Å². The van der Waals surface area contributed by atoms with Crippen molar-refractivity contribution >= 4 is 23.2 Å². The Hall–Kier alpha value is -1.23. The maximum absolute atomic E-state index is 6.31. The Morgan fingerprint density at radius 1 is 1.40 bits per heavy atom. The highest BCUT2D eigenvalue weighted by Gasteiger charge is 2.24. The lowest BCUT2D eigenvalue weighted by Crippen LogP contribution is -2.22. The number of nitrogens with zero attached hydrogens (tertiary/aromatic N) is 2. The van der Waals surface area contributed by atoms with E-state index in [-0.39, 0.29) is 6.04 Å². The number of methoxy groups -OCH3 is 1. The number of ether oxygens (including phenoxy) is 1. The normalized spacial score (nSPS) is 12.4. The maximum Gasteiger partial charge on any atom is 0.161 e. The molecule has 1 unspecified atom stereocenters. The first-order valence-electron chi connectivity index (χ1n) is 6.34. The second-order valence-electron chi connectivity index (χ2n) is 4.30. The van der Waals surface area contributed by atoms with Crippen molar-refractivity contribution in [2.45, 2.75) is 19.5 Å². The van der Waals surface area contributed by atoms with E-state index in [2.05, 4.69) is 10.4 Å². The van der Waals surface area contributed by atoms with E-state index in [0.717, 1.165) is 23.6 Å². The van der Waals surface area contributed by atoms with Gasteiger partial charge in [0.2, 0.25) is 0 Å². The van der Waals surface area contributed by atoms with E-state index in [4.69, 9.17) is 27.9 Å². The monoisotopic (exact) mass is 313 g/mol. The molecule has 1 atom stereocenters. The average molecular weight is 314 g/mol. The molecule has 0 amide bonds. The van der Waals surface area contributed by atoms with Crippen molar-refractivity contribution in [2.24, 2.45) is 0 Å². The zero-order valence-electron chi connectivity index (χ0n) is 11.7. The Labute approximate surface area is 128 Å². The maximum atomic E-state index is 6.31. The van der Waals surface area contributed by atoms with E-state index in [1.54, 1.807) is 25.4 Å². The molecule has 1 heterocycles. The van der Waals surface area contributed by atoms with E-state index < -0.39 is 0 Å². The summed E-state index contributed by atoms with van der Waals surface area (Å²) in [5.41, 5.74) is 1.83. The molecule has 0 aliphatic carbocycles. The standard InChI is InChI=1S/C14H17Cl2N3O/c1-4-19-14(12(20-3)8-18-19)13(17-2)10-7-9(15)5-6-11(10)16/h5-8,13,17H,4H2,1-3H3. The van der Waals surface area contributed by atoms with E-state index >= 15 is 0 Å². The van der Waals surface area contributed by atoms with Gasteiger partial charge in [0.05, 0.1) is 19.3 Å². The molecule has 20 heavy (non-hydrogen) atoms. The van der Waals surface area contributed by atoms with Crippen LogP contribution in [0.25, 0.3) is 0 Å². The topological polar surface area (TPSA) is 39.1 Å². The number of nitrogens with one attached hydrogen (secondary N) is 1. The van der Waals surface area contributed by atoms with Gasteiger partial charge in [-0.25, -0.2) is 0 Å². The fraction of sp³-hybridized carbons (Fsp3) is 0.357. The quantitative estimate of drug-likeness (QED) is 0.918. The summed E-state index contributed by atoms with van der Waals surface area (Å²) < 4.78 is 7.29. The summed E-state index contributed by atoms with van der Waals surface area (Å²) in [5, 5.41) is 8.88. The average Bonchev–Trinajstić information content (AvgIpc) is 2.86. The Morgan fingerprint density at radius 2 is 2.15 bits per heavy atom. The fourth-order valence-corrected chi connectivity index (χ4v) is 2.66. The summed E-state index contributed by atoms with van der Waals surface area (Å²) in [5.74, 6) is 0.724. The zero-order valence-corrected chi connectivity index (χ0v) is 13.2. The van der Waals surface area contributed by atoms with Crippen LogP contribution in [0.15, 0.2) is 24.4 Å². The van der Waals surface area contributed by atoms with Crippen molar-refractivity contribution in [2.75, 3.05) is 14.2 Å². The van der Waals surface area contributed by atoms with Crippen molar-refractivity contribution in [1.82, 2.24) is 15.1 Å². The van der Waals surface area contributed by atoms with Gasteiger partial charge in [-0.05, 0) is 37.7 Å². The minimum atomic E-state index is -0.140. The van der Waals surface area contributed by atoms with Gasteiger partial charge in [-0.2, -0.15) is 5.10 Å². The smallest absolute Gasteiger partial charge is 0.161 e. The first kappa shape index (κ1) is 15.2. The second kappa shape index (κ2) is 6.48. The number of halogens is 2. The lowest BCUT2D eigenvalue weighted by molar-refractivity contribution is 0.401. The molecule has 0 aliphatic heterocycles. The number of hydrogen-bond donors (Lipinski definition) is 1. The zero-order chi connectivity index (χ0) is 14.7. The molecule has 1 N–H and O–H groups in total. The summed E-state index contributed by atoms with van der Waals surface area (Å²) in [4.78, 5) is 0. The third kappa shape index (κ3) is 2.77. The van der Waals surface area contributed by atoms with Gasteiger partial charge in [-0.15, -0.1) is 0 Å². The van der Waals surface area contributed by atoms with Crippen LogP contribution in [0.3, 0.4) is 0 Å². The van der Waals surface area contributed by atoms with Crippen LogP contribution in [0, 0.1) is 0 Å². The highest BCUT2D eigenvalue weighted by Crippen LogP contribution is 2.34. The van der Waals surface area contributed by atoms with Crippen LogP contribution in [0.4, 0.5) is 0 Å². The van der Waals surface area contributed by atoms with Crippen LogP contribution in [0.2, 0.25) is 10.0 Å². The molecule has 6 heteroatoms. The predicted molar refractivity (Wildman–Crippen MR) is 81.8 cm³/mol. The molecule has 0 spiro atoms. The lowest BCUT2D eigenvalue weighted by Gasteiger charge is -2.20. The Balaban J connectivity index is 2.57. The van der Waals surface area contributed by atoms with Crippen molar-refractivity contribution in [1.29, 1.82) is 0 Å². The molecule has 0 fully saturated rings. The van der Waals surface area contributed by atoms with Crippen LogP contribution in [0.1, 0.15) is 24.2 Å². The highest BCUT2D eigenvalue weighted by atomic mass is 35.5. The summed E-state index contributed by atoms with van der Waals surface area (Å²) in [6.07, 6.45) is 1.71. The molecule has 0 radical (unpaired) electrons. The summed E-state index contributed by atoms with van der Waals surface area (Å²) in [7, 11) is 3.50. The summed E-state index contributed by atoms with van der Waals surface area (Å²) in [6, 6.07) is 5.29. The molecule has 1 aromatic carbocycles. The number of aromatic nitrogens is 2. The van der Waals surface area contributed by atoms with Crippen molar-refractivity contribution in [3.05, 3.63) is 45.7 Å². The Bertz CT molecular complexity index is 577. The molecule has 0 aliphatic rings. The van der Waals surface area contributed by atoms with Gasteiger partial charge in [0, 0.05) is 16.6 Å². The van der Waals surface area contributed by atoms with E-state index in [1.165, 1.54) is 0 Å². The number of benzene rings is 1. The first-order valence-corrected chi connectivity index (χ1v) is 7.09. The Morgan fingerprint density at radius 3 is 2.75 bits per heavy atom. The molecule has 1 aromatic heterocycles. The van der Waals surface area contributed by atoms with E-state index in [0.29, 0.717) is 10.0 Å². The van der Waals surface area contributed by atoms with Crippen molar-refractivity contribution in [3.8, 4) is 5.75 Å². The number of rotatable bonds is 5. The van der Waals surface area contributed by atoms with Gasteiger partial charge in [-0.3, -0.25) is 4.68 Å². The number of hydrogen-bond acceptors (Lipinski definition) is 3. The molecule has 4 nitrogen and oxygen atoms in total. The van der Waals surface area contributed by atoms with Gasteiger partial charge >= 0.3 is 0 Å². The predicted octanol–water partition coefficient (Wildman–Crippen LogP) is 3.53.